The van der Waals surface area contributed by atoms with Crippen molar-refractivity contribution in [3.63, 3.8) is 0 Å². The van der Waals surface area contributed by atoms with Crippen molar-refractivity contribution in [1.82, 2.24) is 24.6 Å². The second-order valence-corrected chi connectivity index (χ2v) is 7.94. The summed E-state index contributed by atoms with van der Waals surface area (Å²) < 4.78 is 2.09. The van der Waals surface area contributed by atoms with Gasteiger partial charge in [-0.05, 0) is 57.7 Å². The molecule has 0 spiro atoms. The fourth-order valence-electron chi connectivity index (χ4n) is 2.89. The van der Waals surface area contributed by atoms with Gasteiger partial charge in [-0.1, -0.05) is 30.0 Å². The van der Waals surface area contributed by atoms with Gasteiger partial charge in [-0.15, -0.1) is 10.2 Å². The molecule has 0 saturated heterocycles. The van der Waals surface area contributed by atoms with Crippen LogP contribution in [0.5, 0.6) is 0 Å². The second-order valence-electron chi connectivity index (χ2n) is 7.00. The van der Waals surface area contributed by atoms with Crippen molar-refractivity contribution in [2.75, 3.05) is 31.7 Å². The zero-order valence-corrected chi connectivity index (χ0v) is 17.8. The van der Waals surface area contributed by atoms with Crippen LogP contribution in [-0.4, -0.2) is 56.9 Å². The molecule has 152 valence electrons. The highest BCUT2D eigenvalue weighted by atomic mass is 32.2. The Kier molecular flexibility index (Phi) is 7.37. The molecule has 0 unspecified atom stereocenters. The van der Waals surface area contributed by atoms with Crippen LogP contribution in [0, 0.1) is 6.92 Å². The zero-order chi connectivity index (χ0) is 20.6. The van der Waals surface area contributed by atoms with E-state index in [1.165, 1.54) is 11.8 Å². The van der Waals surface area contributed by atoms with Crippen LogP contribution in [0.1, 0.15) is 12.0 Å². The first-order chi connectivity index (χ1) is 14.0. The number of carbonyl (C=O) groups excluding carboxylic acids is 1. The second kappa shape index (κ2) is 10.2. The van der Waals surface area contributed by atoms with Gasteiger partial charge >= 0.3 is 0 Å². The van der Waals surface area contributed by atoms with Crippen molar-refractivity contribution < 1.29 is 4.79 Å². The normalized spacial score (nSPS) is 11.0. The Balaban J connectivity index is 1.71. The summed E-state index contributed by atoms with van der Waals surface area (Å²) in [5.74, 6) is 1.02. The average Bonchev–Trinajstić information content (AvgIpc) is 3.11. The molecule has 8 heteroatoms. The lowest BCUT2D eigenvalue weighted by Gasteiger charge is -2.13. The van der Waals surface area contributed by atoms with Gasteiger partial charge in [-0.2, -0.15) is 0 Å². The lowest BCUT2D eigenvalue weighted by molar-refractivity contribution is -0.113. The molecule has 0 aliphatic carbocycles. The van der Waals surface area contributed by atoms with Gasteiger partial charge in [-0.3, -0.25) is 9.78 Å². The first-order valence-electron chi connectivity index (χ1n) is 9.51. The minimum Gasteiger partial charge on any atom is -0.325 e. The smallest absolute Gasteiger partial charge is 0.234 e. The van der Waals surface area contributed by atoms with Crippen molar-refractivity contribution in [2.24, 2.45) is 0 Å². The third-order valence-electron chi connectivity index (χ3n) is 4.39. The van der Waals surface area contributed by atoms with Crippen LogP contribution in [0.25, 0.3) is 11.4 Å². The number of carbonyl (C=O) groups is 1. The molecule has 0 bridgehead atoms. The third-order valence-corrected chi connectivity index (χ3v) is 5.36. The predicted octanol–water partition coefficient (Wildman–Crippen LogP) is 3.33. The highest BCUT2D eigenvalue weighted by Gasteiger charge is 2.16. The van der Waals surface area contributed by atoms with Crippen LogP contribution in [0.2, 0.25) is 0 Å². The number of aromatic nitrogens is 4. The van der Waals surface area contributed by atoms with E-state index >= 15 is 0 Å². The number of hydrogen-bond donors (Lipinski definition) is 1. The Labute approximate surface area is 175 Å². The molecular weight excluding hydrogens is 384 g/mol. The third kappa shape index (κ3) is 5.88. The Morgan fingerprint density at radius 1 is 1.14 bits per heavy atom. The number of anilines is 1. The summed E-state index contributed by atoms with van der Waals surface area (Å²) in [4.78, 5) is 18.7. The quantitative estimate of drug-likeness (QED) is 0.546. The number of amides is 1. The first-order valence-corrected chi connectivity index (χ1v) is 10.5. The molecule has 1 N–H and O–H groups in total. The van der Waals surface area contributed by atoms with E-state index in [-0.39, 0.29) is 11.7 Å². The Bertz CT molecular complexity index is 941. The van der Waals surface area contributed by atoms with Gasteiger partial charge in [0.1, 0.15) is 0 Å². The summed E-state index contributed by atoms with van der Waals surface area (Å²) >= 11 is 1.40. The first kappa shape index (κ1) is 21.0. The molecule has 1 aromatic carbocycles. The standard InChI is InChI=1S/C21H26N6OS/c1-16-7-4-5-8-18(16)23-19(28)15-29-21-25-24-20(17-9-11-22-12-10-17)27(21)14-6-13-26(2)3/h4-5,7-12H,6,13-15H2,1-3H3,(H,23,28). The number of hydrogen-bond acceptors (Lipinski definition) is 6. The molecule has 0 saturated carbocycles. The van der Waals surface area contributed by atoms with Gasteiger partial charge in [0.15, 0.2) is 11.0 Å². The van der Waals surface area contributed by atoms with Gasteiger partial charge in [0.2, 0.25) is 5.91 Å². The number of rotatable bonds is 9. The molecule has 29 heavy (non-hydrogen) atoms. The van der Waals surface area contributed by atoms with E-state index in [1.807, 2.05) is 43.3 Å². The van der Waals surface area contributed by atoms with Crippen molar-refractivity contribution in [2.45, 2.75) is 25.0 Å². The van der Waals surface area contributed by atoms with Crippen molar-refractivity contribution >= 4 is 23.4 Å². The van der Waals surface area contributed by atoms with Gasteiger partial charge in [0.05, 0.1) is 5.75 Å². The predicted molar refractivity (Wildman–Crippen MR) is 117 cm³/mol. The van der Waals surface area contributed by atoms with Crippen LogP contribution in [0.4, 0.5) is 5.69 Å². The Morgan fingerprint density at radius 2 is 1.90 bits per heavy atom. The maximum absolute atomic E-state index is 12.4. The zero-order valence-electron chi connectivity index (χ0n) is 17.0. The number of thioether (sulfide) groups is 1. The maximum atomic E-state index is 12.4. The summed E-state index contributed by atoms with van der Waals surface area (Å²) in [7, 11) is 4.11. The van der Waals surface area contributed by atoms with E-state index in [0.29, 0.717) is 0 Å². The lowest BCUT2D eigenvalue weighted by Crippen LogP contribution is -2.17. The molecule has 1 amide bonds. The van der Waals surface area contributed by atoms with Crippen LogP contribution >= 0.6 is 11.8 Å². The van der Waals surface area contributed by atoms with Crippen LogP contribution in [0.3, 0.4) is 0 Å². The minimum atomic E-state index is -0.0578. The largest absolute Gasteiger partial charge is 0.325 e. The van der Waals surface area contributed by atoms with E-state index in [4.69, 9.17) is 0 Å². The number of benzene rings is 1. The van der Waals surface area contributed by atoms with E-state index in [0.717, 1.165) is 47.3 Å². The Hall–Kier alpha value is -2.71. The molecule has 7 nitrogen and oxygen atoms in total. The fourth-order valence-corrected chi connectivity index (χ4v) is 3.65. The van der Waals surface area contributed by atoms with E-state index in [9.17, 15) is 4.79 Å². The Morgan fingerprint density at radius 3 is 2.62 bits per heavy atom. The molecule has 0 aliphatic rings. The molecule has 3 rings (SSSR count). The summed E-state index contributed by atoms with van der Waals surface area (Å²) in [5, 5.41) is 12.4. The van der Waals surface area contributed by atoms with Gasteiger partial charge in [0, 0.05) is 30.2 Å². The minimum absolute atomic E-state index is 0.0578. The molecule has 2 heterocycles. The van der Waals surface area contributed by atoms with Crippen molar-refractivity contribution in [3.05, 3.63) is 54.4 Å². The number of aryl methyl sites for hydroxylation is 1. The van der Waals surface area contributed by atoms with Crippen LogP contribution in [0.15, 0.2) is 53.9 Å². The van der Waals surface area contributed by atoms with Gasteiger partial charge in [0.25, 0.3) is 0 Å². The molecular formula is C21H26N6OS. The maximum Gasteiger partial charge on any atom is 0.234 e. The van der Waals surface area contributed by atoms with Gasteiger partial charge < -0.3 is 14.8 Å². The highest BCUT2D eigenvalue weighted by molar-refractivity contribution is 7.99. The summed E-state index contributed by atoms with van der Waals surface area (Å²) in [6.07, 6.45) is 4.46. The average molecular weight is 411 g/mol. The number of nitrogens with one attached hydrogen (secondary N) is 1. The van der Waals surface area contributed by atoms with E-state index in [2.05, 4.69) is 44.1 Å². The molecule has 2 aromatic heterocycles. The van der Waals surface area contributed by atoms with Crippen LogP contribution < -0.4 is 5.32 Å². The van der Waals surface area contributed by atoms with E-state index < -0.39 is 0 Å². The lowest BCUT2D eigenvalue weighted by atomic mass is 10.2. The van der Waals surface area contributed by atoms with Gasteiger partial charge in [-0.25, -0.2) is 0 Å². The molecule has 0 fully saturated rings. The topological polar surface area (TPSA) is 75.9 Å². The van der Waals surface area contributed by atoms with E-state index in [1.54, 1.807) is 12.4 Å². The number of nitrogens with zero attached hydrogens (tertiary/aromatic N) is 5. The molecule has 0 radical (unpaired) electrons. The summed E-state index contributed by atoms with van der Waals surface area (Å²) in [5.41, 5.74) is 2.84. The molecule has 3 aromatic rings. The van der Waals surface area contributed by atoms with Crippen molar-refractivity contribution in [1.29, 1.82) is 0 Å². The molecule has 0 atom stereocenters. The highest BCUT2D eigenvalue weighted by Crippen LogP contribution is 2.24. The number of pyridine rings is 1. The van der Waals surface area contributed by atoms with Crippen molar-refractivity contribution in [3.8, 4) is 11.4 Å². The summed E-state index contributed by atoms with van der Waals surface area (Å²) in [6.45, 7) is 3.72. The number of para-hydroxylation sites is 1. The SMILES string of the molecule is Cc1ccccc1NC(=O)CSc1nnc(-c2ccncc2)n1CCCN(C)C. The fraction of sp³-hybridized carbons (Fsp3) is 0.333. The molecule has 0 aliphatic heterocycles. The summed E-state index contributed by atoms with van der Waals surface area (Å²) in [6, 6.07) is 11.6. The monoisotopic (exact) mass is 410 g/mol. The van der Waals surface area contributed by atoms with Crippen LogP contribution in [-0.2, 0) is 11.3 Å².